The fraction of sp³-hybridized carbons (Fsp3) is 0.318. The molecule has 0 radical (unpaired) electrons. The molecular formula is C22H27N3O3S. The molecular weight excluding hydrogens is 386 g/mol. The Hall–Kier alpha value is -2.64. The molecule has 1 heterocycles. The van der Waals surface area contributed by atoms with Crippen molar-refractivity contribution in [3.8, 4) is 5.69 Å². The number of rotatable bonds is 6. The lowest BCUT2D eigenvalue weighted by atomic mass is 10.0. The Balaban J connectivity index is 1.87. The van der Waals surface area contributed by atoms with E-state index >= 15 is 0 Å². The van der Waals surface area contributed by atoms with Gasteiger partial charge in [-0.15, -0.1) is 0 Å². The molecule has 0 unspecified atom stereocenters. The van der Waals surface area contributed by atoms with Gasteiger partial charge in [-0.2, -0.15) is 0 Å². The maximum atomic E-state index is 12.8. The van der Waals surface area contributed by atoms with Gasteiger partial charge in [-0.1, -0.05) is 43.7 Å². The van der Waals surface area contributed by atoms with Crippen LogP contribution < -0.4 is 10.3 Å². The molecule has 29 heavy (non-hydrogen) atoms. The number of hydrogen-bond donors (Lipinski definition) is 1. The summed E-state index contributed by atoms with van der Waals surface area (Å²) in [6.45, 7) is 8.09. The van der Waals surface area contributed by atoms with Gasteiger partial charge < -0.3 is 0 Å². The quantitative estimate of drug-likeness (QED) is 0.673. The van der Waals surface area contributed by atoms with Gasteiger partial charge in [0, 0.05) is 24.8 Å². The molecule has 0 amide bonds. The minimum Gasteiger partial charge on any atom is -0.285 e. The zero-order chi connectivity index (χ0) is 21.3. The summed E-state index contributed by atoms with van der Waals surface area (Å²) in [5, 5.41) is 0. The number of benzene rings is 2. The van der Waals surface area contributed by atoms with E-state index in [-0.39, 0.29) is 22.9 Å². The van der Waals surface area contributed by atoms with E-state index in [1.54, 1.807) is 21.5 Å². The predicted octanol–water partition coefficient (Wildman–Crippen LogP) is 3.39. The molecule has 2 aromatic carbocycles. The summed E-state index contributed by atoms with van der Waals surface area (Å²) in [7, 11) is -1.82. The lowest BCUT2D eigenvalue weighted by Crippen LogP contribution is -2.24. The molecule has 0 atom stereocenters. The molecule has 3 rings (SSSR count). The molecule has 154 valence electrons. The van der Waals surface area contributed by atoms with Crippen LogP contribution in [0.1, 0.15) is 42.1 Å². The van der Waals surface area contributed by atoms with Crippen molar-refractivity contribution < 1.29 is 8.42 Å². The fourth-order valence-corrected chi connectivity index (χ4v) is 4.55. The van der Waals surface area contributed by atoms with Gasteiger partial charge in [0.2, 0.25) is 10.0 Å². The highest BCUT2D eigenvalue weighted by atomic mass is 32.2. The molecule has 3 aromatic rings. The average molecular weight is 414 g/mol. The van der Waals surface area contributed by atoms with Crippen molar-refractivity contribution in [2.24, 2.45) is 7.05 Å². The van der Waals surface area contributed by atoms with E-state index in [1.165, 1.54) is 12.1 Å². The first-order chi connectivity index (χ1) is 13.6. The monoisotopic (exact) mass is 413 g/mol. The summed E-state index contributed by atoms with van der Waals surface area (Å²) in [6.07, 6.45) is 0. The molecule has 0 aliphatic carbocycles. The molecule has 0 saturated carbocycles. The van der Waals surface area contributed by atoms with Crippen LogP contribution in [0.15, 0.2) is 58.2 Å². The van der Waals surface area contributed by atoms with E-state index < -0.39 is 10.0 Å². The van der Waals surface area contributed by atoms with Crippen LogP contribution in [0.5, 0.6) is 0 Å². The van der Waals surface area contributed by atoms with Crippen molar-refractivity contribution in [2.45, 2.75) is 45.1 Å². The molecule has 1 N–H and O–H groups in total. The normalized spacial score (nSPS) is 11.9. The van der Waals surface area contributed by atoms with Gasteiger partial charge in [-0.3, -0.25) is 9.48 Å². The number of aryl methyl sites for hydroxylation is 1. The van der Waals surface area contributed by atoms with Crippen molar-refractivity contribution >= 4 is 10.0 Å². The van der Waals surface area contributed by atoms with Gasteiger partial charge in [0.15, 0.2) is 0 Å². The van der Waals surface area contributed by atoms with Crippen LogP contribution in [0.2, 0.25) is 0 Å². The van der Waals surface area contributed by atoms with Crippen molar-refractivity contribution in [1.29, 1.82) is 0 Å². The molecule has 0 bridgehead atoms. The molecule has 1 aromatic heterocycles. The largest absolute Gasteiger partial charge is 0.285 e. The minimum absolute atomic E-state index is 0.0758. The van der Waals surface area contributed by atoms with Crippen LogP contribution in [0.25, 0.3) is 5.69 Å². The smallest absolute Gasteiger partial charge is 0.275 e. The van der Waals surface area contributed by atoms with Crippen LogP contribution >= 0.6 is 0 Å². The summed E-state index contributed by atoms with van der Waals surface area (Å²) in [5.74, 6) is 0.112. The van der Waals surface area contributed by atoms with Crippen LogP contribution in [0.3, 0.4) is 0 Å². The minimum atomic E-state index is -3.65. The third-order valence-electron chi connectivity index (χ3n) is 5.12. The van der Waals surface area contributed by atoms with Crippen LogP contribution in [0, 0.1) is 13.8 Å². The first-order valence-corrected chi connectivity index (χ1v) is 11.0. The van der Waals surface area contributed by atoms with E-state index in [2.05, 4.69) is 4.72 Å². The molecule has 0 saturated heterocycles. The summed E-state index contributed by atoms with van der Waals surface area (Å²) < 4.78 is 31.3. The van der Waals surface area contributed by atoms with Gasteiger partial charge >= 0.3 is 0 Å². The van der Waals surface area contributed by atoms with E-state index in [1.807, 2.05) is 59.0 Å². The zero-order valence-electron chi connectivity index (χ0n) is 17.4. The van der Waals surface area contributed by atoms with E-state index in [4.69, 9.17) is 0 Å². The Morgan fingerprint density at radius 3 is 2.24 bits per heavy atom. The standard InChI is InChI=1S/C22H27N3O3S/c1-15(2)21-17(4)24(5)25(22(21)26)19-9-11-20(12-10-19)29(27,28)23-14-18-8-6-7-16(3)13-18/h6-13,15,23H,14H2,1-5H3. The van der Waals surface area contributed by atoms with Crippen molar-refractivity contribution in [1.82, 2.24) is 14.1 Å². The third kappa shape index (κ3) is 4.21. The molecule has 0 spiro atoms. The van der Waals surface area contributed by atoms with Crippen molar-refractivity contribution in [3.63, 3.8) is 0 Å². The SMILES string of the molecule is Cc1cccc(CNS(=O)(=O)c2ccc(-n3c(=O)c(C(C)C)c(C)n3C)cc2)c1. The second-order valence-electron chi connectivity index (χ2n) is 7.60. The molecule has 6 nitrogen and oxygen atoms in total. The molecule has 0 aliphatic rings. The van der Waals surface area contributed by atoms with Crippen LogP contribution in [-0.2, 0) is 23.6 Å². The maximum Gasteiger partial charge on any atom is 0.275 e. The summed E-state index contributed by atoms with van der Waals surface area (Å²) in [4.78, 5) is 13.0. The molecule has 0 fully saturated rings. The Morgan fingerprint density at radius 1 is 1.03 bits per heavy atom. The van der Waals surface area contributed by atoms with Gasteiger partial charge in [0.05, 0.1) is 10.6 Å². The Morgan fingerprint density at radius 2 is 1.69 bits per heavy atom. The van der Waals surface area contributed by atoms with Gasteiger partial charge in [0.1, 0.15) is 0 Å². The summed E-state index contributed by atoms with van der Waals surface area (Å²) in [6, 6.07) is 14.1. The summed E-state index contributed by atoms with van der Waals surface area (Å²) >= 11 is 0. The fourth-order valence-electron chi connectivity index (χ4n) is 3.53. The molecule has 7 heteroatoms. The Kier molecular flexibility index (Phi) is 5.82. The second-order valence-corrected chi connectivity index (χ2v) is 9.37. The molecule has 0 aliphatic heterocycles. The van der Waals surface area contributed by atoms with Crippen LogP contribution in [-0.4, -0.2) is 17.8 Å². The van der Waals surface area contributed by atoms with E-state index in [0.717, 1.165) is 22.4 Å². The summed E-state index contributed by atoms with van der Waals surface area (Å²) in [5.41, 5.74) is 4.20. The second kappa shape index (κ2) is 8.00. The third-order valence-corrected chi connectivity index (χ3v) is 6.53. The number of aromatic nitrogens is 2. The highest BCUT2D eigenvalue weighted by Gasteiger charge is 2.19. The highest BCUT2D eigenvalue weighted by Crippen LogP contribution is 2.19. The van der Waals surface area contributed by atoms with E-state index in [9.17, 15) is 13.2 Å². The van der Waals surface area contributed by atoms with Crippen molar-refractivity contribution in [3.05, 3.63) is 81.3 Å². The van der Waals surface area contributed by atoms with Gasteiger partial charge in [-0.05, 0) is 49.6 Å². The number of hydrogen-bond acceptors (Lipinski definition) is 3. The van der Waals surface area contributed by atoms with Gasteiger partial charge in [0.25, 0.3) is 5.56 Å². The number of nitrogens with one attached hydrogen (secondary N) is 1. The first-order valence-electron chi connectivity index (χ1n) is 9.56. The van der Waals surface area contributed by atoms with E-state index in [0.29, 0.717) is 5.69 Å². The number of sulfonamides is 1. The topological polar surface area (TPSA) is 73.1 Å². The maximum absolute atomic E-state index is 12.8. The first kappa shape index (κ1) is 21.1. The zero-order valence-corrected chi connectivity index (χ0v) is 18.2. The number of nitrogens with zero attached hydrogens (tertiary/aromatic N) is 2. The average Bonchev–Trinajstić information content (AvgIpc) is 2.89. The van der Waals surface area contributed by atoms with Crippen LogP contribution in [0.4, 0.5) is 0 Å². The van der Waals surface area contributed by atoms with Gasteiger partial charge in [-0.25, -0.2) is 17.8 Å². The Bertz CT molecular complexity index is 1190. The predicted molar refractivity (Wildman–Crippen MR) is 115 cm³/mol. The Labute approximate surface area is 171 Å². The highest BCUT2D eigenvalue weighted by molar-refractivity contribution is 7.89. The van der Waals surface area contributed by atoms with Crippen molar-refractivity contribution in [2.75, 3.05) is 0 Å². The lowest BCUT2D eigenvalue weighted by molar-refractivity contribution is 0.581. The lowest BCUT2D eigenvalue weighted by Gasteiger charge is -2.11.